The third-order valence-electron chi connectivity index (χ3n) is 3.27. The second-order valence-electron chi connectivity index (χ2n) is 4.46. The highest BCUT2D eigenvalue weighted by Gasteiger charge is 2.22. The van der Waals surface area contributed by atoms with Gasteiger partial charge in [-0.05, 0) is 29.6 Å². The lowest BCUT2D eigenvalue weighted by Crippen LogP contribution is -2.30. The van der Waals surface area contributed by atoms with Crippen molar-refractivity contribution in [3.8, 4) is 11.4 Å². The number of hydrazine groups is 1. The second-order valence-corrected chi connectivity index (χ2v) is 5.40. The Bertz CT molecular complexity index is 707. The van der Waals surface area contributed by atoms with E-state index < -0.39 is 0 Å². The third kappa shape index (κ3) is 2.56. The zero-order chi connectivity index (χ0) is 14.7. The molecule has 0 amide bonds. The van der Waals surface area contributed by atoms with Crippen LogP contribution in [0.25, 0.3) is 5.69 Å². The predicted octanol–water partition coefficient (Wildman–Crippen LogP) is 2.50. The summed E-state index contributed by atoms with van der Waals surface area (Å²) in [5, 5.41) is 6.39. The van der Waals surface area contributed by atoms with Crippen LogP contribution >= 0.6 is 11.3 Å². The van der Waals surface area contributed by atoms with E-state index in [4.69, 9.17) is 10.6 Å². The lowest BCUT2D eigenvalue weighted by atomic mass is 10.1. The highest BCUT2D eigenvalue weighted by molar-refractivity contribution is 7.10. The number of benzene rings is 1. The summed E-state index contributed by atoms with van der Waals surface area (Å²) in [7, 11) is 1.66. The Morgan fingerprint density at radius 3 is 2.76 bits per heavy atom. The van der Waals surface area contributed by atoms with Crippen molar-refractivity contribution in [1.82, 2.24) is 15.2 Å². The van der Waals surface area contributed by atoms with E-state index in [1.807, 2.05) is 52.5 Å². The van der Waals surface area contributed by atoms with E-state index in [-0.39, 0.29) is 6.04 Å². The number of nitrogens with two attached hydrogens (primary N) is 1. The predicted molar refractivity (Wildman–Crippen MR) is 83.6 cm³/mol. The summed E-state index contributed by atoms with van der Waals surface area (Å²) in [5.74, 6) is 6.61. The maximum Gasteiger partial charge on any atom is 0.134 e. The minimum absolute atomic E-state index is 0.178. The van der Waals surface area contributed by atoms with Gasteiger partial charge >= 0.3 is 0 Å². The molecular formula is C15H16N4OS. The van der Waals surface area contributed by atoms with Crippen LogP contribution in [0.3, 0.4) is 0 Å². The minimum Gasteiger partial charge on any atom is -0.496 e. The van der Waals surface area contributed by atoms with E-state index in [1.54, 1.807) is 24.6 Å². The molecule has 3 rings (SSSR count). The van der Waals surface area contributed by atoms with Crippen LogP contribution in [0, 0.1) is 0 Å². The zero-order valence-corrected chi connectivity index (χ0v) is 12.4. The average molecular weight is 300 g/mol. The van der Waals surface area contributed by atoms with Crippen LogP contribution in [0.5, 0.6) is 5.75 Å². The van der Waals surface area contributed by atoms with Crippen molar-refractivity contribution >= 4 is 11.3 Å². The van der Waals surface area contributed by atoms with Gasteiger partial charge in [0.25, 0.3) is 0 Å². The number of methoxy groups -OCH3 is 1. The number of hydrogen-bond acceptors (Lipinski definition) is 5. The number of nitrogens with zero attached hydrogens (tertiary/aromatic N) is 2. The third-order valence-corrected chi connectivity index (χ3v) is 4.24. The Hall–Kier alpha value is -2.15. The zero-order valence-electron chi connectivity index (χ0n) is 11.6. The van der Waals surface area contributed by atoms with Gasteiger partial charge in [0, 0.05) is 6.20 Å². The number of rotatable bonds is 5. The van der Waals surface area contributed by atoms with Gasteiger partial charge in [-0.25, -0.2) is 10.1 Å². The highest BCUT2D eigenvalue weighted by atomic mass is 32.1. The summed E-state index contributed by atoms with van der Waals surface area (Å²) in [6, 6.07) is 13.7. The molecule has 0 bridgehead atoms. The summed E-state index contributed by atoms with van der Waals surface area (Å²) in [6.07, 6.45) is 1.77. The Kier molecular flexibility index (Phi) is 4.01. The van der Waals surface area contributed by atoms with Crippen LogP contribution in [-0.4, -0.2) is 16.9 Å². The Labute approximate surface area is 126 Å². The summed E-state index contributed by atoms with van der Waals surface area (Å²) in [6.45, 7) is 0. The Morgan fingerprint density at radius 2 is 2.05 bits per heavy atom. The van der Waals surface area contributed by atoms with E-state index in [2.05, 4.69) is 10.5 Å². The van der Waals surface area contributed by atoms with E-state index in [1.165, 1.54) is 0 Å². The molecule has 0 spiro atoms. The molecule has 0 radical (unpaired) electrons. The standard InChI is InChI=1S/C15H16N4OS/c1-20-13-8-10-21-15(13)14(18-16)12-7-9-17-19(12)11-5-3-2-4-6-11/h2-10,14,18H,16H2,1H3. The molecule has 5 nitrogen and oxygen atoms in total. The van der Waals surface area contributed by atoms with Gasteiger partial charge in [0.15, 0.2) is 0 Å². The SMILES string of the molecule is COc1ccsc1C(NN)c1ccnn1-c1ccccc1. The number of para-hydroxylation sites is 1. The maximum atomic E-state index is 5.79. The van der Waals surface area contributed by atoms with Gasteiger partial charge in [0.05, 0.1) is 23.4 Å². The molecule has 3 aromatic rings. The van der Waals surface area contributed by atoms with Crippen molar-refractivity contribution in [3.63, 3.8) is 0 Å². The molecule has 3 N–H and O–H groups in total. The van der Waals surface area contributed by atoms with E-state index >= 15 is 0 Å². The summed E-state index contributed by atoms with van der Waals surface area (Å²) < 4.78 is 7.28. The largest absolute Gasteiger partial charge is 0.496 e. The fourth-order valence-corrected chi connectivity index (χ4v) is 3.23. The second kappa shape index (κ2) is 6.09. The first kappa shape index (κ1) is 13.8. The van der Waals surface area contributed by atoms with E-state index in [0.717, 1.165) is 22.0 Å². The van der Waals surface area contributed by atoms with Gasteiger partial charge in [-0.3, -0.25) is 5.84 Å². The van der Waals surface area contributed by atoms with E-state index in [9.17, 15) is 0 Å². The van der Waals surface area contributed by atoms with Crippen LogP contribution in [0.2, 0.25) is 0 Å². The molecule has 108 valence electrons. The Morgan fingerprint density at radius 1 is 1.24 bits per heavy atom. The average Bonchev–Trinajstić information content (AvgIpc) is 3.18. The van der Waals surface area contributed by atoms with Crippen LogP contribution < -0.4 is 16.0 Å². The fraction of sp³-hybridized carbons (Fsp3) is 0.133. The number of ether oxygens (including phenoxy) is 1. The first-order chi connectivity index (χ1) is 10.3. The number of thiophene rings is 1. The lowest BCUT2D eigenvalue weighted by molar-refractivity contribution is 0.407. The molecule has 0 fully saturated rings. The monoisotopic (exact) mass is 300 g/mol. The van der Waals surface area contributed by atoms with E-state index in [0.29, 0.717) is 0 Å². The summed E-state index contributed by atoms with van der Waals surface area (Å²) >= 11 is 1.60. The molecule has 0 saturated heterocycles. The smallest absolute Gasteiger partial charge is 0.134 e. The molecule has 1 atom stereocenters. The van der Waals surface area contributed by atoms with Crippen molar-refractivity contribution in [2.45, 2.75) is 6.04 Å². The van der Waals surface area contributed by atoms with Gasteiger partial charge in [0.2, 0.25) is 0 Å². The molecule has 2 heterocycles. The first-order valence-corrected chi connectivity index (χ1v) is 7.40. The van der Waals surface area contributed by atoms with Crippen LogP contribution in [0.15, 0.2) is 54.0 Å². The van der Waals surface area contributed by atoms with Gasteiger partial charge in [-0.15, -0.1) is 11.3 Å². The highest BCUT2D eigenvalue weighted by Crippen LogP contribution is 2.34. The molecule has 0 saturated carbocycles. The van der Waals surface area contributed by atoms with Gasteiger partial charge in [-0.1, -0.05) is 18.2 Å². The lowest BCUT2D eigenvalue weighted by Gasteiger charge is -2.18. The number of hydrogen-bond donors (Lipinski definition) is 2. The van der Waals surface area contributed by atoms with Crippen LogP contribution in [0.1, 0.15) is 16.6 Å². The molecule has 2 aromatic heterocycles. The van der Waals surface area contributed by atoms with Gasteiger partial charge in [0.1, 0.15) is 11.8 Å². The molecule has 1 unspecified atom stereocenters. The van der Waals surface area contributed by atoms with Crippen molar-refractivity contribution in [2.24, 2.45) is 5.84 Å². The molecule has 0 aliphatic rings. The van der Waals surface area contributed by atoms with Crippen LogP contribution in [-0.2, 0) is 0 Å². The summed E-state index contributed by atoms with van der Waals surface area (Å²) in [4.78, 5) is 1.03. The van der Waals surface area contributed by atoms with Crippen molar-refractivity contribution < 1.29 is 4.74 Å². The molecule has 6 heteroatoms. The first-order valence-electron chi connectivity index (χ1n) is 6.52. The molecule has 21 heavy (non-hydrogen) atoms. The molecule has 1 aromatic carbocycles. The maximum absolute atomic E-state index is 5.79. The Balaban J connectivity index is 2.05. The normalized spacial score (nSPS) is 12.3. The van der Waals surface area contributed by atoms with Crippen molar-refractivity contribution in [2.75, 3.05) is 7.11 Å². The minimum atomic E-state index is -0.178. The summed E-state index contributed by atoms with van der Waals surface area (Å²) in [5.41, 5.74) is 4.82. The number of aromatic nitrogens is 2. The molecule has 0 aliphatic heterocycles. The number of nitrogens with one attached hydrogen (secondary N) is 1. The van der Waals surface area contributed by atoms with Gasteiger partial charge < -0.3 is 4.74 Å². The quantitative estimate of drug-likeness (QED) is 0.561. The topological polar surface area (TPSA) is 65.1 Å². The van der Waals surface area contributed by atoms with Crippen LogP contribution in [0.4, 0.5) is 0 Å². The molecule has 0 aliphatic carbocycles. The van der Waals surface area contributed by atoms with Gasteiger partial charge in [-0.2, -0.15) is 5.10 Å². The fourth-order valence-electron chi connectivity index (χ4n) is 2.30. The van der Waals surface area contributed by atoms with Crippen molar-refractivity contribution in [1.29, 1.82) is 0 Å². The molecular weight excluding hydrogens is 284 g/mol. The van der Waals surface area contributed by atoms with Crippen molar-refractivity contribution in [3.05, 3.63) is 64.6 Å².